The number of hydrogen-bond donors (Lipinski definition) is 0. The van der Waals surface area contributed by atoms with Crippen molar-refractivity contribution in [3.63, 3.8) is 0 Å². The van der Waals surface area contributed by atoms with Crippen LogP contribution >= 0.6 is 0 Å². The molecule has 1 saturated heterocycles. The zero-order valence-electron chi connectivity index (χ0n) is 31.1. The van der Waals surface area contributed by atoms with Crippen LogP contribution in [0, 0.1) is 0 Å². The summed E-state index contributed by atoms with van der Waals surface area (Å²) in [6, 6.07) is 39.1. The van der Waals surface area contributed by atoms with E-state index in [1.807, 2.05) is 72.8 Å². The van der Waals surface area contributed by atoms with Crippen molar-refractivity contribution < 1.29 is 56.9 Å². The predicted molar refractivity (Wildman–Crippen MR) is 210 cm³/mol. The molecule has 0 N–H and O–H groups in total. The Morgan fingerprint density at radius 2 is 1.13 bits per heavy atom. The fraction of sp³-hybridized carbons (Fsp3) is 0.200. The first-order valence-electron chi connectivity index (χ1n) is 18.6. The summed E-state index contributed by atoms with van der Waals surface area (Å²) in [5.74, 6) is -15.2. The molecule has 2 heterocycles. The van der Waals surface area contributed by atoms with E-state index in [1.54, 1.807) is 12.1 Å². The van der Waals surface area contributed by atoms with E-state index in [2.05, 4.69) is 45.5 Å². The molecule has 0 radical (unpaired) electrons. The summed E-state index contributed by atoms with van der Waals surface area (Å²) in [5.41, 5.74) is 5.47. The molecule has 15 heteroatoms. The SMILES string of the molecule is O=S(=O)(Oc1ccc(-c2ccc(-c3cc4c(c5ccccc35)C=CC(c3ccccc3)(c3ccc(N5CCCC5)cc3)O4)cc2)cc1)C(F)(F)C(F)(F)C(F)(F)C(F)(F)F. The summed E-state index contributed by atoms with van der Waals surface area (Å²) in [7, 11) is -7.08. The Kier molecular flexibility index (Phi) is 9.96. The smallest absolute Gasteiger partial charge is 0.460 e. The largest absolute Gasteiger partial charge is 0.473 e. The normalized spacial score (nSPS) is 17.4. The lowest BCUT2D eigenvalue weighted by molar-refractivity contribution is -0.382. The lowest BCUT2D eigenvalue weighted by atomic mass is 9.82. The van der Waals surface area contributed by atoms with E-state index >= 15 is 0 Å². The standard InChI is InChI=1S/C45H32F9NO4S/c46-42(47,44(50,51)52)43(48,49)45(53,54)60(56,57)59-35-22-16-30(17-23-35)29-12-14-31(15-13-29)39-28-40-38(36-10-4-5-11-37(36)39)24-25-41(58-40,32-8-2-1-3-9-32)33-18-20-34(21-19-33)55-26-6-7-27-55/h1-5,8-25,28H,6-7,26-27H2. The molecule has 0 aliphatic carbocycles. The van der Waals surface area contributed by atoms with E-state index in [4.69, 9.17) is 4.74 Å². The van der Waals surface area contributed by atoms with E-state index in [0.29, 0.717) is 16.9 Å². The maximum Gasteiger partial charge on any atom is 0.460 e. The summed E-state index contributed by atoms with van der Waals surface area (Å²) >= 11 is 0. The maximum absolute atomic E-state index is 14.2. The Morgan fingerprint density at radius 1 is 0.600 bits per heavy atom. The summed E-state index contributed by atoms with van der Waals surface area (Å²) < 4.78 is 155. The quantitative estimate of drug-likeness (QED) is 0.101. The van der Waals surface area contributed by atoms with Crippen LogP contribution in [0.2, 0.25) is 0 Å². The van der Waals surface area contributed by atoms with Crippen LogP contribution in [-0.4, -0.2) is 44.8 Å². The molecule has 0 aromatic heterocycles. The van der Waals surface area contributed by atoms with Crippen molar-refractivity contribution in [1.82, 2.24) is 0 Å². The van der Waals surface area contributed by atoms with Crippen LogP contribution in [-0.2, 0) is 15.7 Å². The van der Waals surface area contributed by atoms with Gasteiger partial charge in [0.2, 0.25) is 0 Å². The number of anilines is 1. The van der Waals surface area contributed by atoms with Gasteiger partial charge in [-0.1, -0.05) is 103 Å². The van der Waals surface area contributed by atoms with Crippen molar-refractivity contribution in [2.75, 3.05) is 18.0 Å². The molecule has 0 spiro atoms. The van der Waals surface area contributed by atoms with Gasteiger partial charge in [0, 0.05) is 35.5 Å². The van der Waals surface area contributed by atoms with Gasteiger partial charge in [-0.15, -0.1) is 0 Å². The average molecular weight is 854 g/mol. The number of benzene rings is 6. The number of hydrogen-bond acceptors (Lipinski definition) is 5. The van der Waals surface area contributed by atoms with Crippen LogP contribution in [0.15, 0.2) is 140 Å². The predicted octanol–water partition coefficient (Wildman–Crippen LogP) is 12.3. The van der Waals surface area contributed by atoms with Crippen molar-refractivity contribution in [2.45, 2.75) is 41.7 Å². The van der Waals surface area contributed by atoms with Crippen LogP contribution in [0.5, 0.6) is 11.5 Å². The van der Waals surface area contributed by atoms with Crippen molar-refractivity contribution in [1.29, 1.82) is 0 Å². The van der Waals surface area contributed by atoms with Crippen LogP contribution in [0.4, 0.5) is 45.2 Å². The Hall–Kier alpha value is -5.96. The highest BCUT2D eigenvalue weighted by Gasteiger charge is 2.86. The van der Waals surface area contributed by atoms with E-state index in [0.717, 1.165) is 94.5 Å². The van der Waals surface area contributed by atoms with Crippen molar-refractivity contribution in [3.05, 3.63) is 156 Å². The number of halogens is 9. The minimum atomic E-state index is -7.41. The second-order valence-electron chi connectivity index (χ2n) is 14.5. The fourth-order valence-corrected chi connectivity index (χ4v) is 8.49. The third-order valence-corrected chi connectivity index (χ3v) is 12.1. The highest BCUT2D eigenvalue weighted by atomic mass is 32.2. The molecule has 0 saturated carbocycles. The molecule has 1 unspecified atom stereocenters. The fourth-order valence-electron chi connectivity index (χ4n) is 7.58. The van der Waals surface area contributed by atoms with E-state index in [9.17, 15) is 47.9 Å². The Labute approximate surface area is 338 Å². The summed E-state index contributed by atoms with van der Waals surface area (Å²) in [6.07, 6.45) is -0.722. The zero-order valence-corrected chi connectivity index (χ0v) is 31.9. The second-order valence-corrected chi connectivity index (χ2v) is 16.0. The first-order valence-corrected chi connectivity index (χ1v) is 20.0. The zero-order chi connectivity index (χ0) is 42.7. The number of nitrogens with zero attached hydrogens (tertiary/aromatic N) is 1. The van der Waals surface area contributed by atoms with Gasteiger partial charge in [-0.25, -0.2) is 0 Å². The van der Waals surface area contributed by atoms with Gasteiger partial charge in [0.25, 0.3) is 0 Å². The highest BCUT2D eigenvalue weighted by Crippen LogP contribution is 2.55. The number of fused-ring (bicyclic) bond motifs is 3. The third kappa shape index (κ3) is 6.72. The first-order chi connectivity index (χ1) is 28.4. The first kappa shape index (κ1) is 40.8. The van der Waals surface area contributed by atoms with Gasteiger partial charge in [0.05, 0.1) is 0 Å². The lowest BCUT2D eigenvalue weighted by Gasteiger charge is -2.37. The molecule has 0 amide bonds. The molecule has 5 nitrogen and oxygen atoms in total. The molecule has 6 aromatic carbocycles. The molecular weight excluding hydrogens is 822 g/mol. The second kappa shape index (κ2) is 14.6. The van der Waals surface area contributed by atoms with Gasteiger partial charge in [0.1, 0.15) is 11.5 Å². The number of rotatable bonds is 10. The van der Waals surface area contributed by atoms with Gasteiger partial charge >= 0.3 is 33.4 Å². The van der Waals surface area contributed by atoms with Crippen molar-refractivity contribution >= 4 is 32.7 Å². The van der Waals surface area contributed by atoms with Crippen LogP contribution < -0.4 is 13.8 Å². The number of alkyl halides is 9. The van der Waals surface area contributed by atoms with Gasteiger partial charge in [-0.05, 0) is 88.4 Å². The monoisotopic (exact) mass is 853 g/mol. The molecule has 60 heavy (non-hydrogen) atoms. The summed E-state index contributed by atoms with van der Waals surface area (Å²) in [5, 5.41) is -5.11. The molecule has 2 aliphatic rings. The van der Waals surface area contributed by atoms with E-state index in [1.165, 1.54) is 0 Å². The highest BCUT2D eigenvalue weighted by molar-refractivity contribution is 7.88. The van der Waals surface area contributed by atoms with Gasteiger partial charge in [-0.3, -0.25) is 0 Å². The molecule has 1 fully saturated rings. The van der Waals surface area contributed by atoms with Gasteiger partial charge in [-0.2, -0.15) is 47.9 Å². The minimum absolute atomic E-state index is 0.360. The Morgan fingerprint density at radius 3 is 1.73 bits per heavy atom. The number of ether oxygens (including phenoxy) is 1. The third-order valence-electron chi connectivity index (χ3n) is 10.8. The van der Waals surface area contributed by atoms with Crippen LogP contribution in [0.25, 0.3) is 39.1 Å². The molecule has 1 atom stereocenters. The lowest BCUT2D eigenvalue weighted by Crippen LogP contribution is -2.63. The van der Waals surface area contributed by atoms with Crippen LogP contribution in [0.1, 0.15) is 29.5 Å². The summed E-state index contributed by atoms with van der Waals surface area (Å²) in [6.45, 7) is 2.03. The molecule has 6 aromatic rings. The van der Waals surface area contributed by atoms with Crippen molar-refractivity contribution in [3.8, 4) is 33.8 Å². The molecule has 0 bridgehead atoms. The molecule has 8 rings (SSSR count). The molecular formula is C45H32F9NO4S. The average Bonchev–Trinajstić information content (AvgIpc) is 3.79. The van der Waals surface area contributed by atoms with Gasteiger partial charge < -0.3 is 13.8 Å². The summed E-state index contributed by atoms with van der Waals surface area (Å²) in [4.78, 5) is 2.37. The van der Waals surface area contributed by atoms with E-state index < -0.39 is 44.7 Å². The van der Waals surface area contributed by atoms with Crippen LogP contribution in [0.3, 0.4) is 0 Å². The molecule has 2 aliphatic heterocycles. The van der Waals surface area contributed by atoms with Crippen molar-refractivity contribution in [2.24, 2.45) is 0 Å². The Bertz CT molecular complexity index is 2680. The van der Waals surface area contributed by atoms with E-state index in [-0.39, 0.29) is 0 Å². The maximum atomic E-state index is 14.2. The minimum Gasteiger partial charge on any atom is -0.473 e. The Balaban J connectivity index is 1.09. The molecule has 310 valence electrons. The van der Waals surface area contributed by atoms with Gasteiger partial charge in [0.15, 0.2) is 5.60 Å². The topological polar surface area (TPSA) is 55.8 Å².